The molecule has 334 valence electrons. The number of piperidine rings is 4. The minimum Gasteiger partial charge on any atom is -0.478 e. The molecule has 0 bridgehead atoms. The Labute approximate surface area is 375 Å². The predicted octanol–water partition coefficient (Wildman–Crippen LogP) is 7.45. The van der Waals surface area contributed by atoms with Crippen LogP contribution in [0.15, 0.2) is 48.5 Å². The number of carbonyl (C=O) groups excluding carboxylic acids is 1. The van der Waals surface area contributed by atoms with Crippen LogP contribution in [0.1, 0.15) is 91.8 Å². The maximum absolute atomic E-state index is 12.4. The SMILES string of the molecule is CN(C)c1nsc(N2CCC(C3CCN(c4ccc(C(=O)NC5(C)CC5)cc4)CC3)CC2)n1.CN(C)c1nsc(N2CCC(C3CCN(c4ccc(C(=O)O)cc4)CC3)CC2)n1. The van der Waals surface area contributed by atoms with Gasteiger partial charge in [-0.2, -0.15) is 18.7 Å². The number of nitrogens with zero attached hydrogens (tertiary/aromatic N) is 10. The van der Waals surface area contributed by atoms with E-state index in [1.54, 1.807) is 12.1 Å². The van der Waals surface area contributed by atoms with E-state index in [4.69, 9.17) is 5.11 Å². The number of hydrogen-bond acceptors (Lipinski definition) is 14. The molecule has 6 heterocycles. The van der Waals surface area contributed by atoms with Gasteiger partial charge in [0, 0.05) is 126 Å². The van der Waals surface area contributed by atoms with Crippen molar-refractivity contribution in [3.05, 3.63) is 59.7 Å². The van der Waals surface area contributed by atoms with E-state index >= 15 is 0 Å². The Hall–Kier alpha value is -4.70. The van der Waals surface area contributed by atoms with Gasteiger partial charge in [-0.15, -0.1) is 0 Å². The molecule has 9 rings (SSSR count). The highest BCUT2D eigenvalue weighted by atomic mass is 32.1. The zero-order valence-electron chi connectivity index (χ0n) is 37.2. The van der Waals surface area contributed by atoms with Gasteiger partial charge >= 0.3 is 5.97 Å². The second-order valence-electron chi connectivity index (χ2n) is 18.8. The molecule has 2 N–H and O–H groups in total. The molecule has 16 heteroatoms. The maximum Gasteiger partial charge on any atom is 0.335 e. The van der Waals surface area contributed by atoms with E-state index in [1.807, 2.05) is 62.3 Å². The van der Waals surface area contributed by atoms with E-state index in [-0.39, 0.29) is 11.4 Å². The van der Waals surface area contributed by atoms with Gasteiger partial charge in [-0.05, 0) is 143 Å². The van der Waals surface area contributed by atoms with Gasteiger partial charge in [0.15, 0.2) is 0 Å². The molecule has 14 nitrogen and oxygen atoms in total. The first-order valence-electron chi connectivity index (χ1n) is 22.7. The Morgan fingerprint density at radius 3 is 1.23 bits per heavy atom. The first kappa shape index (κ1) is 43.9. The molecule has 62 heavy (non-hydrogen) atoms. The fourth-order valence-corrected chi connectivity index (χ4v) is 11.3. The topological polar surface area (TPSA) is 137 Å². The van der Waals surface area contributed by atoms with E-state index in [0.29, 0.717) is 5.56 Å². The van der Waals surface area contributed by atoms with Crippen molar-refractivity contribution in [3.8, 4) is 0 Å². The van der Waals surface area contributed by atoms with Crippen LogP contribution in [-0.4, -0.2) is 122 Å². The molecule has 5 fully saturated rings. The summed E-state index contributed by atoms with van der Waals surface area (Å²) >= 11 is 3.02. The monoisotopic (exact) mass is 883 g/mol. The van der Waals surface area contributed by atoms with Gasteiger partial charge in [-0.25, -0.2) is 4.79 Å². The Morgan fingerprint density at radius 1 is 0.581 bits per heavy atom. The fourth-order valence-electron chi connectivity index (χ4n) is 9.72. The third-order valence-electron chi connectivity index (χ3n) is 14.0. The molecule has 5 aliphatic rings. The van der Waals surface area contributed by atoms with Crippen molar-refractivity contribution in [2.24, 2.45) is 23.7 Å². The highest BCUT2D eigenvalue weighted by molar-refractivity contribution is 7.10. The summed E-state index contributed by atoms with van der Waals surface area (Å²) in [6.45, 7) is 10.8. The van der Waals surface area contributed by atoms with Gasteiger partial charge in [0.2, 0.25) is 22.2 Å². The average Bonchev–Trinajstić information content (AvgIpc) is 3.63. The third-order valence-corrected chi connectivity index (χ3v) is 15.6. The Kier molecular flexibility index (Phi) is 13.7. The number of aromatic carboxylic acids is 1. The number of anilines is 6. The molecule has 0 atom stereocenters. The lowest BCUT2D eigenvalue weighted by molar-refractivity contribution is 0.0696. The quantitative estimate of drug-likeness (QED) is 0.154. The van der Waals surface area contributed by atoms with Crippen molar-refractivity contribution in [2.45, 2.75) is 76.7 Å². The van der Waals surface area contributed by atoms with Crippen LogP contribution in [0.2, 0.25) is 0 Å². The van der Waals surface area contributed by atoms with Crippen LogP contribution in [0, 0.1) is 23.7 Å². The van der Waals surface area contributed by atoms with Crippen LogP contribution in [0.25, 0.3) is 0 Å². The van der Waals surface area contributed by atoms with Crippen LogP contribution in [0.3, 0.4) is 0 Å². The van der Waals surface area contributed by atoms with Gasteiger partial charge in [-0.1, -0.05) is 0 Å². The molecular weight excluding hydrogens is 819 g/mol. The number of carboxylic acids is 1. The number of rotatable bonds is 11. The normalized spacial score (nSPS) is 20.1. The standard InChI is InChI=1S/C25H36N6OS.C21H29N5O2S/c1-25(12-13-25)27-22(32)20-4-6-21(7-5-20)30-14-8-18(9-15-30)19-10-16-31(17-11-19)24-26-23(28-33-24)29(2)3;1-24(2)20-22-21(29-23-20)26-13-9-16(10-14-26)15-7-11-25(12-8-15)18-5-3-17(4-6-18)19(27)28/h4-7,18-19H,8-17H2,1-3H3,(H,27,32);3-6,15-16H,7-14H2,1-2H3,(H,27,28). The number of aromatic nitrogens is 4. The van der Waals surface area contributed by atoms with Crippen molar-refractivity contribution < 1.29 is 14.7 Å². The molecule has 2 aromatic heterocycles. The van der Waals surface area contributed by atoms with Crippen LogP contribution in [0.5, 0.6) is 0 Å². The van der Waals surface area contributed by atoms with Gasteiger partial charge in [0.05, 0.1) is 5.56 Å². The molecule has 4 aromatic rings. The molecule has 2 aromatic carbocycles. The Balaban J connectivity index is 0.000000172. The molecule has 4 aliphatic heterocycles. The minimum absolute atomic E-state index is 0.0279. The lowest BCUT2D eigenvalue weighted by atomic mass is 9.79. The van der Waals surface area contributed by atoms with Crippen molar-refractivity contribution in [2.75, 3.05) is 110 Å². The summed E-state index contributed by atoms with van der Waals surface area (Å²) < 4.78 is 8.89. The zero-order valence-corrected chi connectivity index (χ0v) is 38.8. The molecule has 4 saturated heterocycles. The summed E-state index contributed by atoms with van der Waals surface area (Å²) in [6, 6.07) is 15.5. The molecule has 0 unspecified atom stereocenters. The van der Waals surface area contributed by atoms with Gasteiger partial charge in [0.1, 0.15) is 0 Å². The number of carboxylic acid groups (broad SMARTS) is 1. The minimum atomic E-state index is -0.868. The highest BCUT2D eigenvalue weighted by Gasteiger charge is 2.39. The van der Waals surface area contributed by atoms with Crippen molar-refractivity contribution in [1.29, 1.82) is 0 Å². The number of hydrogen-bond donors (Lipinski definition) is 2. The molecule has 1 aliphatic carbocycles. The smallest absolute Gasteiger partial charge is 0.335 e. The summed E-state index contributed by atoms with van der Waals surface area (Å²) in [4.78, 5) is 46.4. The summed E-state index contributed by atoms with van der Waals surface area (Å²) in [5, 5.41) is 14.3. The van der Waals surface area contributed by atoms with E-state index in [0.717, 1.165) is 122 Å². The number of carbonyl (C=O) groups is 2. The van der Waals surface area contributed by atoms with Gasteiger partial charge in [-0.3, -0.25) is 4.79 Å². The van der Waals surface area contributed by atoms with Crippen LogP contribution in [-0.2, 0) is 0 Å². The average molecular weight is 884 g/mol. The maximum atomic E-state index is 12.4. The molecule has 1 saturated carbocycles. The number of amides is 1. The lowest BCUT2D eigenvalue weighted by Gasteiger charge is -2.40. The van der Waals surface area contributed by atoms with Crippen molar-refractivity contribution >= 4 is 68.5 Å². The van der Waals surface area contributed by atoms with E-state index in [2.05, 4.69) is 62.7 Å². The van der Waals surface area contributed by atoms with E-state index in [9.17, 15) is 9.59 Å². The predicted molar refractivity (Wildman–Crippen MR) is 253 cm³/mol. The van der Waals surface area contributed by atoms with Crippen molar-refractivity contribution in [1.82, 2.24) is 24.0 Å². The molecule has 1 amide bonds. The molecule has 0 radical (unpaired) electrons. The second-order valence-corrected chi connectivity index (χ2v) is 20.2. The summed E-state index contributed by atoms with van der Waals surface area (Å²) in [6.07, 6.45) is 12.1. The second kappa shape index (κ2) is 19.4. The Bertz CT molecular complexity index is 2070. The summed E-state index contributed by atoms with van der Waals surface area (Å²) in [5.41, 5.74) is 3.52. The number of benzene rings is 2. The lowest BCUT2D eigenvalue weighted by Crippen LogP contribution is -2.41. The first-order valence-corrected chi connectivity index (χ1v) is 24.2. The zero-order chi connectivity index (χ0) is 43.4. The van der Waals surface area contributed by atoms with Crippen LogP contribution < -0.4 is 34.7 Å². The summed E-state index contributed by atoms with van der Waals surface area (Å²) in [5.74, 6) is 4.03. The first-order chi connectivity index (χ1) is 29.9. The highest BCUT2D eigenvalue weighted by Crippen LogP contribution is 2.38. The number of nitrogens with one attached hydrogen (secondary N) is 1. The largest absolute Gasteiger partial charge is 0.478 e. The molecule has 0 spiro atoms. The Morgan fingerprint density at radius 2 is 0.919 bits per heavy atom. The van der Waals surface area contributed by atoms with Crippen LogP contribution >= 0.6 is 23.1 Å². The van der Waals surface area contributed by atoms with Crippen LogP contribution in [0.4, 0.5) is 33.5 Å². The fraction of sp³-hybridized carbons (Fsp3) is 0.609. The van der Waals surface area contributed by atoms with E-state index < -0.39 is 5.97 Å². The molecular formula is C46H65N11O3S2. The third kappa shape index (κ3) is 10.7. The van der Waals surface area contributed by atoms with Gasteiger partial charge < -0.3 is 39.8 Å². The van der Waals surface area contributed by atoms with Gasteiger partial charge in [0.25, 0.3) is 5.91 Å². The summed E-state index contributed by atoms with van der Waals surface area (Å²) in [7, 11) is 7.94. The van der Waals surface area contributed by atoms with Crippen molar-refractivity contribution in [3.63, 3.8) is 0 Å². The van der Waals surface area contributed by atoms with E-state index in [1.165, 1.54) is 80.1 Å².